The number of hydrogen-bond acceptors (Lipinski definition) is 14. The number of unbranched alkanes of at least 4 members (excludes halogenated alkanes) is 6. The molecule has 0 aliphatic heterocycles. The van der Waals surface area contributed by atoms with Gasteiger partial charge in [-0.1, -0.05) is 86.3 Å². The van der Waals surface area contributed by atoms with Crippen LogP contribution in [0.4, 0.5) is 23.3 Å². The molecule has 0 aliphatic carbocycles. The normalized spacial score (nSPS) is 10.6. The smallest absolute Gasteiger partial charge is 0.870 e. The maximum absolute atomic E-state index is 11.1. The first-order valence-corrected chi connectivity index (χ1v) is 22.6. The Bertz CT molecular complexity index is 2760. The van der Waals surface area contributed by atoms with E-state index < -0.39 is 5.97 Å². The average Bonchev–Trinajstić information content (AvgIpc) is 4.03. The summed E-state index contributed by atoms with van der Waals surface area (Å²) in [4.78, 5) is 55.0. The average molecular weight is 929 g/mol. The molecule has 0 amide bonds. The van der Waals surface area contributed by atoms with Gasteiger partial charge in [0.2, 0.25) is 11.9 Å². The molecule has 8 rings (SSSR count). The zero-order valence-electron chi connectivity index (χ0n) is 39.1. The van der Waals surface area contributed by atoms with Crippen molar-refractivity contribution in [2.24, 2.45) is 0 Å². The molecular weight excluding hydrogens is 872 g/mol. The van der Waals surface area contributed by atoms with Gasteiger partial charge in [-0.15, -0.1) is 0 Å². The number of methoxy groups -OCH3 is 1. The zero-order valence-corrected chi connectivity index (χ0v) is 39.1. The van der Waals surface area contributed by atoms with Gasteiger partial charge in [0.15, 0.2) is 11.3 Å². The van der Waals surface area contributed by atoms with Crippen LogP contribution in [0.1, 0.15) is 86.7 Å². The number of carboxylic acid groups (broad SMARTS) is 1. The molecule has 69 heavy (non-hydrogen) atoms. The summed E-state index contributed by atoms with van der Waals surface area (Å²) in [6.45, 7) is 1.26. The number of nitrogens with one attached hydrogen (secondary N) is 4. The molecule has 18 heteroatoms. The van der Waals surface area contributed by atoms with E-state index in [1.165, 1.54) is 18.2 Å². The second-order valence-corrected chi connectivity index (χ2v) is 15.8. The predicted molar refractivity (Wildman–Crippen MR) is 260 cm³/mol. The number of carbonyl (C=O) groups is 2. The monoisotopic (exact) mass is 928 g/mol. The number of hydrogen-bond donors (Lipinski definition) is 5. The fourth-order valence-electron chi connectivity index (χ4n) is 7.20. The molecule has 6 N–H and O–H groups in total. The number of rotatable bonds is 24. The van der Waals surface area contributed by atoms with Crippen molar-refractivity contribution in [3.63, 3.8) is 0 Å². The number of imidazole rings is 2. The number of aliphatic carboxylic acids is 1. The van der Waals surface area contributed by atoms with E-state index in [4.69, 9.17) is 24.5 Å². The summed E-state index contributed by atoms with van der Waals surface area (Å²) >= 11 is 0. The molecule has 4 aromatic carbocycles. The molecule has 0 saturated carbocycles. The fourth-order valence-corrected chi connectivity index (χ4v) is 7.20. The number of H-pyrrole nitrogens is 2. The molecule has 0 spiro atoms. The van der Waals surface area contributed by atoms with Gasteiger partial charge in [-0.05, 0) is 85.3 Å². The van der Waals surface area contributed by atoms with Gasteiger partial charge in [-0.25, -0.2) is 19.9 Å². The van der Waals surface area contributed by atoms with E-state index in [1.54, 1.807) is 12.7 Å². The molecule has 354 valence electrons. The molecule has 4 heterocycles. The van der Waals surface area contributed by atoms with Crippen molar-refractivity contribution in [2.45, 2.75) is 77.0 Å². The first kappa shape index (κ1) is 52.6. The van der Waals surface area contributed by atoms with Crippen LogP contribution in [0.5, 0.6) is 11.5 Å². The maximum atomic E-state index is 11.1. The number of aromatic amines is 2. The standard InChI is InChI=1S/C26H29N5O3.C25H27N5O3.Li.H2O/c1-33-23(32)11-7-2-3-8-16-34-21-14-12-20(13-15-21)29-26-30-22(17-19-9-5-4-6-10-19)24-25(31-26)28-18-27-24;31-22(32)10-6-1-2-7-15-33-20-13-11-19(12-14-20)28-25-29-21(16-18-8-4-3-5-9-18)23-24(30-25)27-17-26-23;;/h4-6,9-10,12-15,18H,2-3,7-8,11,16-17H2,1H3,(H2,27,28,29,30,31);3-5,8-9,11-14,17H,1-2,6-7,10,15-16H2,(H,31,32)(H2,26,27,28,29,30);;1H2/q;;+1;/p-1. The van der Waals surface area contributed by atoms with E-state index in [0.717, 1.165) is 96.7 Å². The zero-order chi connectivity index (χ0) is 46.5. The van der Waals surface area contributed by atoms with Crippen LogP contribution in [0.15, 0.2) is 122 Å². The molecule has 0 saturated heterocycles. The summed E-state index contributed by atoms with van der Waals surface area (Å²) in [5.41, 5.74) is 8.80. The number of benzene rings is 4. The molecule has 17 nitrogen and oxygen atoms in total. The number of anilines is 4. The van der Waals surface area contributed by atoms with Crippen LogP contribution in [0.25, 0.3) is 22.3 Å². The van der Waals surface area contributed by atoms with Crippen LogP contribution in [0.2, 0.25) is 0 Å². The van der Waals surface area contributed by atoms with Crippen LogP contribution >= 0.6 is 0 Å². The van der Waals surface area contributed by atoms with Gasteiger partial charge in [0.25, 0.3) is 0 Å². The van der Waals surface area contributed by atoms with Crippen LogP contribution in [-0.2, 0) is 27.2 Å². The number of esters is 1. The van der Waals surface area contributed by atoms with Gasteiger partial charge < -0.3 is 45.4 Å². The van der Waals surface area contributed by atoms with Gasteiger partial charge in [-0.2, -0.15) is 9.97 Å². The van der Waals surface area contributed by atoms with Crippen molar-refractivity contribution in [1.82, 2.24) is 39.9 Å². The summed E-state index contributed by atoms with van der Waals surface area (Å²) in [6.07, 6.45) is 12.7. The number of aromatic nitrogens is 8. The molecule has 0 bridgehead atoms. The summed E-state index contributed by atoms with van der Waals surface area (Å²) < 4.78 is 16.3. The van der Waals surface area contributed by atoms with Crippen LogP contribution in [0, 0.1) is 0 Å². The quantitative estimate of drug-likeness (QED) is 0.0230. The van der Waals surface area contributed by atoms with Crippen LogP contribution in [-0.4, -0.2) is 82.7 Å². The molecule has 0 unspecified atom stereocenters. The number of carboxylic acids is 1. The Morgan fingerprint density at radius 3 is 1.39 bits per heavy atom. The molecule has 4 aromatic heterocycles. The van der Waals surface area contributed by atoms with Crippen molar-refractivity contribution < 1.29 is 53.2 Å². The Kier molecular flexibility index (Phi) is 21.4. The summed E-state index contributed by atoms with van der Waals surface area (Å²) in [5, 5.41) is 15.2. The number of nitrogens with zero attached hydrogens (tertiary/aromatic N) is 6. The van der Waals surface area contributed by atoms with Gasteiger partial charge in [-0.3, -0.25) is 9.59 Å². The summed E-state index contributed by atoms with van der Waals surface area (Å²) in [6, 6.07) is 35.8. The Balaban J connectivity index is 0.000000250. The van der Waals surface area contributed by atoms with Gasteiger partial charge in [0, 0.05) is 37.1 Å². The third-order valence-electron chi connectivity index (χ3n) is 10.7. The van der Waals surface area contributed by atoms with Gasteiger partial charge in [0.1, 0.15) is 22.5 Å². The van der Waals surface area contributed by atoms with E-state index >= 15 is 0 Å². The van der Waals surface area contributed by atoms with E-state index in [2.05, 4.69) is 69.5 Å². The molecule has 8 aromatic rings. The van der Waals surface area contributed by atoms with Crippen LogP contribution < -0.4 is 39.0 Å². The first-order chi connectivity index (χ1) is 32.9. The summed E-state index contributed by atoms with van der Waals surface area (Å²) in [7, 11) is 1.42. The molecule has 0 aliphatic rings. The number of fused-ring (bicyclic) bond motifs is 2. The molecular formula is C51H57LiN10O7. The van der Waals surface area contributed by atoms with E-state index in [9.17, 15) is 9.59 Å². The largest absolute Gasteiger partial charge is 1.00 e. The third-order valence-corrected chi connectivity index (χ3v) is 10.7. The minimum atomic E-state index is -0.734. The molecule has 0 radical (unpaired) electrons. The molecule has 0 fully saturated rings. The third kappa shape index (κ3) is 17.1. The van der Waals surface area contributed by atoms with Gasteiger partial charge in [0.05, 0.1) is 44.4 Å². The van der Waals surface area contributed by atoms with Gasteiger partial charge >= 0.3 is 30.8 Å². The Hall–Kier alpha value is -7.32. The molecule has 0 atom stereocenters. The minimum absolute atomic E-state index is 0. The minimum Gasteiger partial charge on any atom is -0.870 e. The fraction of sp³-hybridized carbons (Fsp3) is 0.294. The Labute approximate surface area is 412 Å². The maximum Gasteiger partial charge on any atom is 1.00 e. The second kappa shape index (κ2) is 28.1. The van der Waals surface area contributed by atoms with E-state index in [-0.39, 0.29) is 36.7 Å². The van der Waals surface area contributed by atoms with Crippen LogP contribution in [0.3, 0.4) is 0 Å². The first-order valence-electron chi connectivity index (χ1n) is 22.6. The van der Waals surface area contributed by atoms with Crippen molar-refractivity contribution in [3.8, 4) is 11.5 Å². The van der Waals surface area contributed by atoms with Crippen molar-refractivity contribution in [3.05, 3.63) is 144 Å². The van der Waals surface area contributed by atoms with E-state index in [0.29, 0.717) is 55.7 Å². The van der Waals surface area contributed by atoms with Crippen molar-refractivity contribution in [1.29, 1.82) is 0 Å². The van der Waals surface area contributed by atoms with Crippen molar-refractivity contribution >= 4 is 57.5 Å². The number of carbonyl (C=O) groups excluding carboxylic acids is 1. The summed E-state index contributed by atoms with van der Waals surface area (Å²) in [5.74, 6) is 1.73. The van der Waals surface area contributed by atoms with Crippen molar-refractivity contribution in [2.75, 3.05) is 31.0 Å². The topological polar surface area (TPSA) is 245 Å². The Morgan fingerprint density at radius 1 is 0.551 bits per heavy atom. The predicted octanol–water partition coefficient (Wildman–Crippen LogP) is 7.12. The Morgan fingerprint density at radius 2 is 0.971 bits per heavy atom. The second-order valence-electron chi connectivity index (χ2n) is 15.8. The number of ether oxygens (including phenoxy) is 3. The SMILES string of the molecule is COC(=O)CCCCCCOc1ccc(Nc2nc(Cc3ccccc3)c3[nH]cnc3n2)cc1.O=C(O)CCCCCCOc1ccc(Nc2nc(Cc3ccccc3)c3[nH]cnc3n2)cc1.[Li+].[OH-]. The van der Waals surface area contributed by atoms with E-state index in [1.807, 2.05) is 84.9 Å².